The molecule has 0 radical (unpaired) electrons. The molecule has 9 nitrogen and oxygen atoms in total. The fourth-order valence-electron chi connectivity index (χ4n) is 3.54. The first kappa shape index (κ1) is 31.8. The number of carbonyl (C=O) groups is 4. The predicted octanol–water partition coefficient (Wildman–Crippen LogP) is 2.16. The van der Waals surface area contributed by atoms with Gasteiger partial charge in [-0.25, -0.2) is 0 Å². The summed E-state index contributed by atoms with van der Waals surface area (Å²) in [4.78, 5) is 50.2. The van der Waals surface area contributed by atoms with Gasteiger partial charge in [-0.3, -0.25) is 19.2 Å². The number of esters is 1. The second-order valence-electron chi connectivity index (χ2n) is 10.4. The summed E-state index contributed by atoms with van der Waals surface area (Å²) in [5, 5.41) is 19.0. The number of hydrogen-bond acceptors (Lipinski definition) is 6. The summed E-state index contributed by atoms with van der Waals surface area (Å²) in [6.07, 6.45) is -0.598. The Hall–Kier alpha value is -2.16. The lowest BCUT2D eigenvalue weighted by Gasteiger charge is -2.30. The van der Waals surface area contributed by atoms with Gasteiger partial charge in [-0.1, -0.05) is 55.4 Å². The summed E-state index contributed by atoms with van der Waals surface area (Å²) >= 11 is 0. The highest BCUT2D eigenvalue weighted by Crippen LogP contribution is 2.14. The van der Waals surface area contributed by atoms with Crippen LogP contribution >= 0.6 is 0 Å². The van der Waals surface area contributed by atoms with Gasteiger partial charge < -0.3 is 25.8 Å². The molecule has 198 valence electrons. The molecule has 4 N–H and O–H groups in total. The van der Waals surface area contributed by atoms with Crippen LogP contribution in [0.1, 0.15) is 81.6 Å². The summed E-state index contributed by atoms with van der Waals surface area (Å²) in [6, 6.07) is -2.33. The van der Waals surface area contributed by atoms with Crippen LogP contribution in [0.15, 0.2) is 0 Å². The third-order valence-electron chi connectivity index (χ3n) is 5.30. The number of nitrogens with one attached hydrogen (secondary N) is 3. The van der Waals surface area contributed by atoms with Crippen molar-refractivity contribution in [2.45, 2.75) is 106 Å². The maximum Gasteiger partial charge on any atom is 0.308 e. The summed E-state index contributed by atoms with van der Waals surface area (Å²) in [7, 11) is 0. The number of ether oxygens (including phenoxy) is 1. The highest BCUT2D eigenvalue weighted by molar-refractivity contribution is 5.92. The topological polar surface area (TPSA) is 134 Å². The molecule has 0 aliphatic rings. The number of aliphatic hydroxyl groups is 1. The van der Waals surface area contributed by atoms with Crippen LogP contribution in [0.3, 0.4) is 0 Å². The first-order chi connectivity index (χ1) is 15.7. The van der Waals surface area contributed by atoms with Gasteiger partial charge >= 0.3 is 5.97 Å². The molecule has 3 amide bonds. The quantitative estimate of drug-likeness (QED) is 0.263. The Bertz CT molecular complexity index is 663. The van der Waals surface area contributed by atoms with Gasteiger partial charge in [0, 0.05) is 6.42 Å². The van der Waals surface area contributed by atoms with E-state index in [-0.39, 0.29) is 42.6 Å². The molecular formula is C25H47N3O6. The van der Waals surface area contributed by atoms with Crippen LogP contribution in [0.4, 0.5) is 0 Å². The van der Waals surface area contributed by atoms with Gasteiger partial charge in [0.15, 0.2) is 0 Å². The van der Waals surface area contributed by atoms with E-state index in [1.165, 1.54) is 0 Å². The van der Waals surface area contributed by atoms with Gasteiger partial charge in [0.2, 0.25) is 17.7 Å². The Morgan fingerprint density at radius 3 is 1.68 bits per heavy atom. The monoisotopic (exact) mass is 485 g/mol. The van der Waals surface area contributed by atoms with Crippen molar-refractivity contribution in [3.63, 3.8) is 0 Å². The Morgan fingerprint density at radius 1 is 0.735 bits per heavy atom. The normalized spacial score (nSPS) is 15.1. The van der Waals surface area contributed by atoms with E-state index < -0.39 is 42.0 Å². The second kappa shape index (κ2) is 15.7. The van der Waals surface area contributed by atoms with E-state index in [4.69, 9.17) is 4.74 Å². The smallest absolute Gasteiger partial charge is 0.308 e. The number of hydrogen-bond donors (Lipinski definition) is 4. The number of amides is 3. The van der Waals surface area contributed by atoms with E-state index in [2.05, 4.69) is 16.0 Å². The maximum atomic E-state index is 13.1. The van der Waals surface area contributed by atoms with Crippen LogP contribution in [0, 0.1) is 23.7 Å². The minimum atomic E-state index is -1.12. The van der Waals surface area contributed by atoms with Crippen LogP contribution in [-0.4, -0.2) is 59.6 Å². The highest BCUT2D eigenvalue weighted by atomic mass is 16.5. The van der Waals surface area contributed by atoms with Crippen molar-refractivity contribution in [2.24, 2.45) is 23.7 Å². The van der Waals surface area contributed by atoms with Crippen molar-refractivity contribution in [1.82, 2.24) is 16.0 Å². The lowest BCUT2D eigenvalue weighted by molar-refractivity contribution is -0.146. The molecule has 4 atom stereocenters. The molecule has 0 saturated carbocycles. The standard InChI is InChI=1S/C25H47N3O6/c1-10-34-21(31)13-19(29)18(11-14(2)3)26-24(32)23(17(8)9)28-25(33)22(16(6)7)27-20(30)12-15(4)5/h14-19,22-23,29H,10-13H2,1-9H3,(H,26,32)(H,27,30)(H,28,33)/t18-,19-,22-,23+/m0/s1. The van der Waals surface area contributed by atoms with Crippen LogP contribution < -0.4 is 16.0 Å². The van der Waals surface area contributed by atoms with Gasteiger partial charge in [0.25, 0.3) is 0 Å². The van der Waals surface area contributed by atoms with Crippen molar-refractivity contribution in [3.8, 4) is 0 Å². The van der Waals surface area contributed by atoms with Crippen LogP contribution in [0.25, 0.3) is 0 Å². The second-order valence-corrected chi connectivity index (χ2v) is 10.4. The average Bonchev–Trinajstić information content (AvgIpc) is 2.68. The minimum Gasteiger partial charge on any atom is -0.466 e. The molecule has 0 spiro atoms. The molecule has 0 aromatic carbocycles. The van der Waals surface area contributed by atoms with Crippen molar-refractivity contribution < 1.29 is 29.0 Å². The summed E-state index contributed by atoms with van der Waals surface area (Å²) in [5.41, 5.74) is 0. The zero-order valence-electron chi connectivity index (χ0n) is 22.4. The van der Waals surface area contributed by atoms with Crippen molar-refractivity contribution in [1.29, 1.82) is 0 Å². The third kappa shape index (κ3) is 12.3. The number of rotatable bonds is 15. The number of carbonyl (C=O) groups excluding carboxylic acids is 4. The molecule has 0 unspecified atom stereocenters. The van der Waals surface area contributed by atoms with Gasteiger partial charge in [0.1, 0.15) is 12.1 Å². The van der Waals surface area contributed by atoms with Crippen LogP contribution in [-0.2, 0) is 23.9 Å². The van der Waals surface area contributed by atoms with Gasteiger partial charge in [-0.15, -0.1) is 0 Å². The van der Waals surface area contributed by atoms with E-state index in [1.54, 1.807) is 20.8 Å². The summed E-state index contributed by atoms with van der Waals surface area (Å²) in [6.45, 7) is 16.9. The van der Waals surface area contributed by atoms with Crippen molar-refractivity contribution in [2.75, 3.05) is 6.61 Å². The lowest BCUT2D eigenvalue weighted by Crippen LogP contribution is -2.59. The molecule has 0 fully saturated rings. The molecule has 0 aliphatic carbocycles. The van der Waals surface area contributed by atoms with E-state index in [1.807, 2.05) is 41.5 Å². The van der Waals surface area contributed by atoms with Gasteiger partial charge in [0.05, 0.1) is 25.2 Å². The molecule has 0 saturated heterocycles. The molecule has 0 aromatic heterocycles. The summed E-state index contributed by atoms with van der Waals surface area (Å²) < 4.78 is 4.91. The average molecular weight is 486 g/mol. The molecule has 0 aromatic rings. The Morgan fingerprint density at radius 2 is 1.24 bits per heavy atom. The van der Waals surface area contributed by atoms with E-state index in [0.717, 1.165) is 0 Å². The zero-order valence-corrected chi connectivity index (χ0v) is 22.4. The van der Waals surface area contributed by atoms with Crippen LogP contribution in [0.5, 0.6) is 0 Å². The van der Waals surface area contributed by atoms with E-state index in [9.17, 15) is 24.3 Å². The predicted molar refractivity (Wildman–Crippen MR) is 132 cm³/mol. The van der Waals surface area contributed by atoms with Crippen LogP contribution in [0.2, 0.25) is 0 Å². The molecule has 0 bridgehead atoms. The lowest BCUT2D eigenvalue weighted by atomic mass is 9.95. The molecule has 9 heteroatoms. The molecule has 0 rings (SSSR count). The highest BCUT2D eigenvalue weighted by Gasteiger charge is 2.33. The summed E-state index contributed by atoms with van der Waals surface area (Å²) in [5.74, 6) is -1.75. The van der Waals surface area contributed by atoms with E-state index in [0.29, 0.717) is 12.8 Å². The fraction of sp³-hybridized carbons (Fsp3) is 0.840. The van der Waals surface area contributed by atoms with E-state index >= 15 is 0 Å². The van der Waals surface area contributed by atoms with Gasteiger partial charge in [-0.2, -0.15) is 0 Å². The molecule has 34 heavy (non-hydrogen) atoms. The molecular weight excluding hydrogens is 438 g/mol. The fourth-order valence-corrected chi connectivity index (χ4v) is 3.54. The van der Waals surface area contributed by atoms with Crippen molar-refractivity contribution >= 4 is 23.7 Å². The first-order valence-electron chi connectivity index (χ1n) is 12.4. The van der Waals surface area contributed by atoms with Crippen molar-refractivity contribution in [3.05, 3.63) is 0 Å². The SMILES string of the molecule is CCOC(=O)C[C@H](O)[C@H](CC(C)C)NC(=O)[C@H](NC(=O)[C@@H](NC(=O)CC(C)C)C(C)C)C(C)C. The Labute approximate surface area is 205 Å². The number of aliphatic hydroxyl groups excluding tert-OH is 1. The molecule has 0 aliphatic heterocycles. The first-order valence-corrected chi connectivity index (χ1v) is 12.4. The minimum absolute atomic E-state index is 0.149. The zero-order chi connectivity index (χ0) is 26.6. The maximum absolute atomic E-state index is 13.1. The largest absolute Gasteiger partial charge is 0.466 e. The van der Waals surface area contributed by atoms with Gasteiger partial charge in [-0.05, 0) is 37.0 Å². The Balaban J connectivity index is 5.46. The Kier molecular flexibility index (Phi) is 14.7. The third-order valence-corrected chi connectivity index (χ3v) is 5.30. The molecule has 0 heterocycles.